The van der Waals surface area contributed by atoms with Crippen molar-refractivity contribution in [2.75, 3.05) is 48.9 Å². The first kappa shape index (κ1) is 17.4. The summed E-state index contributed by atoms with van der Waals surface area (Å²) in [5.41, 5.74) is -0.250. The van der Waals surface area contributed by atoms with Crippen LogP contribution in [0.15, 0.2) is 0 Å². The van der Waals surface area contributed by atoms with E-state index in [0.717, 1.165) is 19.6 Å². The Hall–Kier alpha value is -1.63. The number of nitrogens with zero attached hydrogens (tertiary/aromatic N) is 4. The van der Waals surface area contributed by atoms with Crippen LogP contribution < -0.4 is 15.5 Å². The molecular formula is C14H28N6O. The Kier molecular flexibility index (Phi) is 6.61. The van der Waals surface area contributed by atoms with Crippen LogP contribution in [0.2, 0.25) is 0 Å². The molecule has 0 aliphatic heterocycles. The van der Waals surface area contributed by atoms with E-state index >= 15 is 0 Å². The Labute approximate surface area is 127 Å². The molecule has 21 heavy (non-hydrogen) atoms. The highest BCUT2D eigenvalue weighted by atomic mass is 16.5. The van der Waals surface area contributed by atoms with Crippen LogP contribution in [0, 0.1) is 0 Å². The molecule has 0 fully saturated rings. The highest BCUT2D eigenvalue weighted by molar-refractivity contribution is 5.44. The number of hydrogen-bond donors (Lipinski definition) is 2. The summed E-state index contributed by atoms with van der Waals surface area (Å²) in [6.07, 6.45) is 0. The van der Waals surface area contributed by atoms with Gasteiger partial charge in [0, 0.05) is 26.7 Å². The molecule has 0 aromatic carbocycles. The van der Waals surface area contributed by atoms with Gasteiger partial charge >= 0.3 is 0 Å². The summed E-state index contributed by atoms with van der Waals surface area (Å²) in [7, 11) is 1.68. The second-order valence-electron chi connectivity index (χ2n) is 5.43. The number of nitrogens with one attached hydrogen (secondary N) is 2. The lowest BCUT2D eigenvalue weighted by Crippen LogP contribution is -2.37. The highest BCUT2D eigenvalue weighted by Crippen LogP contribution is 2.17. The molecule has 0 radical (unpaired) electrons. The lowest BCUT2D eigenvalue weighted by atomic mass is 10.1. The summed E-state index contributed by atoms with van der Waals surface area (Å²) in [5.74, 6) is 1.83. The zero-order valence-corrected chi connectivity index (χ0v) is 14.0. The molecule has 1 aromatic heterocycles. The van der Waals surface area contributed by atoms with Crippen LogP contribution in [-0.2, 0) is 4.74 Å². The van der Waals surface area contributed by atoms with E-state index in [-0.39, 0.29) is 5.54 Å². The fourth-order valence-corrected chi connectivity index (χ4v) is 2.01. The number of anilines is 3. The predicted octanol–water partition coefficient (Wildman–Crippen LogP) is 1.99. The molecule has 7 nitrogen and oxygen atoms in total. The van der Waals surface area contributed by atoms with Crippen LogP contribution in [0.3, 0.4) is 0 Å². The van der Waals surface area contributed by atoms with E-state index in [0.29, 0.717) is 24.5 Å². The molecule has 0 atom stereocenters. The normalized spacial score (nSPS) is 11.3. The van der Waals surface area contributed by atoms with Crippen molar-refractivity contribution in [1.82, 2.24) is 15.0 Å². The molecule has 0 aliphatic carbocycles. The standard InChI is InChI=1S/C14H28N6O/c1-7-15-11-16-12(19-14(4,5)10-21-6)18-13(17-11)20(8-2)9-3/h7-10H2,1-6H3,(H2,15,16,17,18,19). The molecule has 0 spiro atoms. The highest BCUT2D eigenvalue weighted by Gasteiger charge is 2.20. The second kappa shape index (κ2) is 7.97. The third kappa shape index (κ3) is 5.34. The number of hydrogen-bond acceptors (Lipinski definition) is 7. The van der Waals surface area contributed by atoms with E-state index in [9.17, 15) is 0 Å². The maximum atomic E-state index is 5.22. The Morgan fingerprint density at radius 1 is 1.05 bits per heavy atom. The van der Waals surface area contributed by atoms with Gasteiger partial charge in [0.1, 0.15) is 0 Å². The number of rotatable bonds is 9. The molecule has 120 valence electrons. The van der Waals surface area contributed by atoms with Crippen molar-refractivity contribution in [2.24, 2.45) is 0 Å². The molecule has 1 heterocycles. The first-order valence-electron chi connectivity index (χ1n) is 7.47. The van der Waals surface area contributed by atoms with Crippen molar-refractivity contribution < 1.29 is 4.74 Å². The quantitative estimate of drug-likeness (QED) is 0.721. The summed E-state index contributed by atoms with van der Waals surface area (Å²) < 4.78 is 5.22. The Bertz CT molecular complexity index is 433. The van der Waals surface area contributed by atoms with Crippen LogP contribution >= 0.6 is 0 Å². The van der Waals surface area contributed by atoms with Gasteiger partial charge in [0.25, 0.3) is 0 Å². The van der Waals surface area contributed by atoms with Crippen LogP contribution in [0.5, 0.6) is 0 Å². The van der Waals surface area contributed by atoms with Crippen LogP contribution in [0.25, 0.3) is 0 Å². The average molecular weight is 296 g/mol. The second-order valence-corrected chi connectivity index (χ2v) is 5.43. The molecule has 0 unspecified atom stereocenters. The average Bonchev–Trinajstić information content (AvgIpc) is 2.39. The zero-order chi connectivity index (χ0) is 15.9. The van der Waals surface area contributed by atoms with E-state index in [2.05, 4.69) is 44.3 Å². The lowest BCUT2D eigenvalue weighted by Gasteiger charge is -2.26. The maximum absolute atomic E-state index is 5.22. The van der Waals surface area contributed by atoms with Crippen molar-refractivity contribution >= 4 is 17.8 Å². The lowest BCUT2D eigenvalue weighted by molar-refractivity contribution is 0.158. The monoisotopic (exact) mass is 296 g/mol. The molecule has 0 amide bonds. The molecule has 1 rings (SSSR count). The van der Waals surface area contributed by atoms with E-state index in [1.165, 1.54) is 0 Å². The van der Waals surface area contributed by atoms with Crippen LogP contribution in [0.4, 0.5) is 17.8 Å². The smallest absolute Gasteiger partial charge is 0.231 e. The minimum atomic E-state index is -0.250. The van der Waals surface area contributed by atoms with Gasteiger partial charge in [-0.15, -0.1) is 0 Å². The van der Waals surface area contributed by atoms with Crippen molar-refractivity contribution in [1.29, 1.82) is 0 Å². The van der Waals surface area contributed by atoms with Gasteiger partial charge in [-0.1, -0.05) is 0 Å². The number of ether oxygens (including phenoxy) is 1. The fraction of sp³-hybridized carbons (Fsp3) is 0.786. The fourth-order valence-electron chi connectivity index (χ4n) is 2.01. The number of aromatic nitrogens is 3. The van der Waals surface area contributed by atoms with E-state index < -0.39 is 0 Å². The molecule has 2 N–H and O–H groups in total. The van der Waals surface area contributed by atoms with Gasteiger partial charge in [-0.05, 0) is 34.6 Å². The number of methoxy groups -OCH3 is 1. The zero-order valence-electron chi connectivity index (χ0n) is 14.0. The molecule has 1 aromatic rings. The minimum Gasteiger partial charge on any atom is -0.382 e. The minimum absolute atomic E-state index is 0.250. The first-order valence-corrected chi connectivity index (χ1v) is 7.47. The Morgan fingerprint density at radius 2 is 1.67 bits per heavy atom. The first-order chi connectivity index (χ1) is 9.95. The van der Waals surface area contributed by atoms with Crippen molar-refractivity contribution in [2.45, 2.75) is 40.2 Å². The summed E-state index contributed by atoms with van der Waals surface area (Å²) in [5, 5.41) is 6.46. The maximum Gasteiger partial charge on any atom is 0.231 e. The summed E-state index contributed by atoms with van der Waals surface area (Å²) in [6.45, 7) is 13.3. The van der Waals surface area contributed by atoms with E-state index in [1.54, 1.807) is 7.11 Å². The van der Waals surface area contributed by atoms with Gasteiger partial charge in [-0.25, -0.2) is 0 Å². The summed E-state index contributed by atoms with van der Waals surface area (Å²) in [6, 6.07) is 0. The van der Waals surface area contributed by atoms with Gasteiger partial charge < -0.3 is 20.3 Å². The molecule has 7 heteroatoms. The summed E-state index contributed by atoms with van der Waals surface area (Å²) >= 11 is 0. The topological polar surface area (TPSA) is 75.2 Å². The van der Waals surface area contributed by atoms with Gasteiger partial charge in [-0.3, -0.25) is 0 Å². The van der Waals surface area contributed by atoms with Crippen molar-refractivity contribution in [3.05, 3.63) is 0 Å². The third-order valence-corrected chi connectivity index (χ3v) is 2.96. The van der Waals surface area contributed by atoms with Crippen molar-refractivity contribution in [3.8, 4) is 0 Å². The molecule has 0 saturated heterocycles. The van der Waals surface area contributed by atoms with Gasteiger partial charge in [0.2, 0.25) is 17.8 Å². The van der Waals surface area contributed by atoms with Gasteiger partial charge in [0.15, 0.2) is 0 Å². The molecule has 0 saturated carbocycles. The van der Waals surface area contributed by atoms with Crippen LogP contribution in [-0.4, -0.2) is 53.8 Å². The SMILES string of the molecule is CCNc1nc(NC(C)(C)COC)nc(N(CC)CC)n1. The largest absolute Gasteiger partial charge is 0.382 e. The molecule has 0 aliphatic rings. The van der Waals surface area contributed by atoms with Crippen molar-refractivity contribution in [3.63, 3.8) is 0 Å². The Morgan fingerprint density at radius 3 is 2.19 bits per heavy atom. The van der Waals surface area contributed by atoms with Gasteiger partial charge in [-0.2, -0.15) is 15.0 Å². The summed E-state index contributed by atoms with van der Waals surface area (Å²) in [4.78, 5) is 15.5. The predicted molar refractivity (Wildman–Crippen MR) is 87.1 cm³/mol. The van der Waals surface area contributed by atoms with Gasteiger partial charge in [0.05, 0.1) is 12.1 Å². The molecular weight excluding hydrogens is 268 g/mol. The third-order valence-electron chi connectivity index (χ3n) is 2.96. The van der Waals surface area contributed by atoms with E-state index in [4.69, 9.17) is 4.74 Å². The van der Waals surface area contributed by atoms with Crippen LogP contribution in [0.1, 0.15) is 34.6 Å². The van der Waals surface area contributed by atoms with E-state index in [1.807, 2.05) is 20.8 Å². The molecule has 0 bridgehead atoms. The Balaban J connectivity index is 3.07.